The van der Waals surface area contributed by atoms with Crippen molar-refractivity contribution in [1.29, 1.82) is 0 Å². The summed E-state index contributed by atoms with van der Waals surface area (Å²) in [6.07, 6.45) is 3.15. The van der Waals surface area contributed by atoms with Gasteiger partial charge in [-0.05, 0) is 37.7 Å². The molecule has 0 amide bonds. The number of hydrogen-bond donors (Lipinski definition) is 3. The summed E-state index contributed by atoms with van der Waals surface area (Å²) in [5, 5.41) is 21.1. The van der Waals surface area contributed by atoms with Gasteiger partial charge in [-0.15, -0.1) is 0 Å². The van der Waals surface area contributed by atoms with Crippen LogP contribution in [0.15, 0.2) is 10.5 Å². The molecule has 0 spiro atoms. The fraction of sp³-hybridized carbons (Fsp3) is 0.615. The predicted octanol–water partition coefficient (Wildman–Crippen LogP) is 1.54. The van der Waals surface area contributed by atoms with Crippen LogP contribution in [-0.2, 0) is 6.54 Å². The number of furan rings is 1. The summed E-state index contributed by atoms with van der Waals surface area (Å²) in [5.41, 5.74) is 1.15. The zero-order valence-electron chi connectivity index (χ0n) is 10.5. The van der Waals surface area contributed by atoms with Crippen molar-refractivity contribution in [3.63, 3.8) is 0 Å². The van der Waals surface area contributed by atoms with Crippen LogP contribution in [0.25, 0.3) is 0 Å². The van der Waals surface area contributed by atoms with Crippen LogP contribution in [-0.4, -0.2) is 29.3 Å². The number of aryl methyl sites for hydroxylation is 1. The second-order valence-electron chi connectivity index (χ2n) is 5.07. The lowest BCUT2D eigenvalue weighted by Crippen LogP contribution is -2.24. The van der Waals surface area contributed by atoms with Crippen LogP contribution >= 0.6 is 0 Å². The van der Waals surface area contributed by atoms with E-state index in [4.69, 9.17) is 14.6 Å². The molecule has 0 bridgehead atoms. The minimum Gasteiger partial charge on any atom is -0.475 e. The van der Waals surface area contributed by atoms with E-state index in [9.17, 15) is 4.79 Å². The number of aliphatic hydroxyl groups excluding tert-OH is 1. The first-order chi connectivity index (χ1) is 8.56. The molecular weight excluding hydrogens is 234 g/mol. The minimum atomic E-state index is -1.04. The molecular formula is C13H19NO4. The van der Waals surface area contributed by atoms with Gasteiger partial charge in [0.1, 0.15) is 5.76 Å². The Bertz CT molecular complexity index is 434. The molecule has 0 atom stereocenters. The summed E-state index contributed by atoms with van der Waals surface area (Å²) in [4.78, 5) is 10.8. The van der Waals surface area contributed by atoms with E-state index >= 15 is 0 Å². The Balaban J connectivity index is 1.85. The van der Waals surface area contributed by atoms with Crippen molar-refractivity contribution in [1.82, 2.24) is 5.32 Å². The summed E-state index contributed by atoms with van der Waals surface area (Å²) < 4.78 is 5.14. The number of aliphatic hydroxyl groups is 1. The van der Waals surface area contributed by atoms with E-state index in [1.807, 2.05) is 0 Å². The molecule has 18 heavy (non-hydrogen) atoms. The fourth-order valence-electron chi connectivity index (χ4n) is 2.19. The van der Waals surface area contributed by atoms with Crippen LogP contribution < -0.4 is 5.32 Å². The number of rotatable bonds is 7. The first-order valence-electron chi connectivity index (χ1n) is 6.20. The monoisotopic (exact) mass is 253 g/mol. The number of carboxylic acid groups (broad SMARTS) is 1. The van der Waals surface area contributed by atoms with E-state index in [1.54, 1.807) is 13.0 Å². The number of carbonyl (C=O) groups is 1. The molecule has 1 aliphatic rings. The Kier molecular flexibility index (Phi) is 3.73. The van der Waals surface area contributed by atoms with Crippen molar-refractivity contribution >= 4 is 5.97 Å². The van der Waals surface area contributed by atoms with Crippen molar-refractivity contribution in [3.05, 3.63) is 23.2 Å². The molecule has 2 rings (SSSR count). The zero-order valence-corrected chi connectivity index (χ0v) is 10.5. The molecule has 1 aliphatic carbocycles. The van der Waals surface area contributed by atoms with Crippen LogP contribution in [0.3, 0.4) is 0 Å². The SMILES string of the molecule is Cc1oc(C(=O)O)cc1CNCC1(CCO)CC1. The third-order valence-electron chi connectivity index (χ3n) is 3.65. The highest BCUT2D eigenvalue weighted by molar-refractivity contribution is 5.84. The van der Waals surface area contributed by atoms with Gasteiger partial charge in [-0.1, -0.05) is 0 Å². The number of aromatic carboxylic acids is 1. The molecule has 1 aromatic heterocycles. The molecule has 1 fully saturated rings. The van der Waals surface area contributed by atoms with E-state index in [1.165, 1.54) is 0 Å². The van der Waals surface area contributed by atoms with Gasteiger partial charge in [-0.3, -0.25) is 0 Å². The molecule has 0 saturated heterocycles. The van der Waals surface area contributed by atoms with Gasteiger partial charge in [0.15, 0.2) is 0 Å². The normalized spacial score (nSPS) is 16.8. The molecule has 0 aromatic carbocycles. The van der Waals surface area contributed by atoms with Crippen molar-refractivity contribution in [3.8, 4) is 0 Å². The average molecular weight is 253 g/mol. The van der Waals surface area contributed by atoms with Crippen molar-refractivity contribution < 1.29 is 19.4 Å². The lowest BCUT2D eigenvalue weighted by molar-refractivity contribution is 0.0661. The second kappa shape index (κ2) is 5.12. The molecule has 5 nitrogen and oxygen atoms in total. The Labute approximate surface area is 106 Å². The Morgan fingerprint density at radius 3 is 2.78 bits per heavy atom. The van der Waals surface area contributed by atoms with E-state index in [2.05, 4.69) is 5.32 Å². The summed E-state index contributed by atoms with van der Waals surface area (Å²) in [7, 11) is 0. The average Bonchev–Trinajstić information content (AvgIpc) is 2.96. The highest BCUT2D eigenvalue weighted by Gasteiger charge is 2.41. The lowest BCUT2D eigenvalue weighted by Gasteiger charge is -2.14. The van der Waals surface area contributed by atoms with Crippen molar-refractivity contribution in [2.45, 2.75) is 32.7 Å². The number of hydrogen-bond acceptors (Lipinski definition) is 4. The standard InChI is InChI=1S/C13H19NO4/c1-9-10(6-11(18-9)12(16)17)7-14-8-13(2-3-13)4-5-15/h6,14-15H,2-5,7-8H2,1H3,(H,16,17). The molecule has 1 aromatic rings. The summed E-state index contributed by atoms with van der Waals surface area (Å²) >= 11 is 0. The van der Waals surface area contributed by atoms with Crippen LogP contribution in [0.5, 0.6) is 0 Å². The van der Waals surface area contributed by atoms with Crippen LogP contribution in [0, 0.1) is 12.3 Å². The number of carboxylic acids is 1. The highest BCUT2D eigenvalue weighted by atomic mass is 16.4. The largest absolute Gasteiger partial charge is 0.475 e. The summed E-state index contributed by atoms with van der Waals surface area (Å²) in [5.74, 6) is -0.406. The van der Waals surface area contributed by atoms with Crippen LogP contribution in [0.1, 0.15) is 41.1 Å². The molecule has 0 aliphatic heterocycles. The molecule has 1 saturated carbocycles. The molecule has 3 N–H and O–H groups in total. The fourth-order valence-corrected chi connectivity index (χ4v) is 2.19. The summed E-state index contributed by atoms with van der Waals surface area (Å²) in [6, 6.07) is 1.57. The van der Waals surface area contributed by atoms with Gasteiger partial charge in [-0.25, -0.2) is 4.79 Å². The topological polar surface area (TPSA) is 82.7 Å². The first-order valence-corrected chi connectivity index (χ1v) is 6.20. The van der Waals surface area contributed by atoms with E-state index < -0.39 is 5.97 Å². The van der Waals surface area contributed by atoms with Crippen LogP contribution in [0.4, 0.5) is 0 Å². The highest BCUT2D eigenvalue weighted by Crippen LogP contribution is 2.47. The van der Waals surface area contributed by atoms with Gasteiger partial charge in [0.25, 0.3) is 0 Å². The molecule has 0 unspecified atom stereocenters. The maximum Gasteiger partial charge on any atom is 0.371 e. The van der Waals surface area contributed by atoms with Gasteiger partial charge in [0, 0.05) is 25.3 Å². The molecule has 0 radical (unpaired) electrons. The third kappa shape index (κ3) is 2.91. The maximum absolute atomic E-state index is 10.8. The Morgan fingerprint density at radius 2 is 2.28 bits per heavy atom. The van der Waals surface area contributed by atoms with Gasteiger partial charge >= 0.3 is 5.97 Å². The van der Waals surface area contributed by atoms with E-state index in [0.29, 0.717) is 12.3 Å². The van der Waals surface area contributed by atoms with E-state index in [0.717, 1.165) is 31.4 Å². The quantitative estimate of drug-likeness (QED) is 0.686. The lowest BCUT2D eigenvalue weighted by atomic mass is 10.0. The molecule has 1 heterocycles. The van der Waals surface area contributed by atoms with Gasteiger partial charge in [-0.2, -0.15) is 0 Å². The zero-order chi connectivity index (χ0) is 13.2. The smallest absolute Gasteiger partial charge is 0.371 e. The van der Waals surface area contributed by atoms with Crippen LogP contribution in [0.2, 0.25) is 0 Å². The summed E-state index contributed by atoms with van der Waals surface area (Å²) in [6.45, 7) is 3.47. The van der Waals surface area contributed by atoms with Gasteiger partial charge < -0.3 is 19.9 Å². The van der Waals surface area contributed by atoms with Crippen molar-refractivity contribution in [2.75, 3.05) is 13.2 Å². The van der Waals surface area contributed by atoms with Gasteiger partial charge in [0.2, 0.25) is 5.76 Å². The Hall–Kier alpha value is -1.33. The number of nitrogens with one attached hydrogen (secondary N) is 1. The third-order valence-corrected chi connectivity index (χ3v) is 3.65. The Morgan fingerprint density at radius 1 is 1.56 bits per heavy atom. The minimum absolute atomic E-state index is 0.0132. The maximum atomic E-state index is 10.8. The van der Waals surface area contributed by atoms with E-state index in [-0.39, 0.29) is 17.8 Å². The van der Waals surface area contributed by atoms with Gasteiger partial charge in [0.05, 0.1) is 0 Å². The predicted molar refractivity (Wildman–Crippen MR) is 65.5 cm³/mol. The molecule has 100 valence electrons. The first kappa shape index (κ1) is 13.1. The molecule has 5 heteroatoms. The van der Waals surface area contributed by atoms with Crippen molar-refractivity contribution in [2.24, 2.45) is 5.41 Å². The second-order valence-corrected chi connectivity index (χ2v) is 5.07.